The Hall–Kier alpha value is -4.73. The van der Waals surface area contributed by atoms with Crippen LogP contribution in [0.15, 0.2) is 144 Å². The first-order valence-electron chi connectivity index (χ1n) is 12.6. The summed E-state index contributed by atoms with van der Waals surface area (Å²) in [5, 5.41) is 2.40. The zero-order valence-electron chi connectivity index (χ0n) is 20.5. The number of nitrogens with zero attached hydrogens (tertiary/aromatic N) is 1. The number of thiophene rings is 1. The van der Waals surface area contributed by atoms with E-state index in [9.17, 15) is 0 Å². The molecule has 0 aliphatic heterocycles. The monoisotopic (exact) mass is 505 g/mol. The lowest BCUT2D eigenvalue weighted by Gasteiger charge is -2.15. The molecule has 0 fully saturated rings. The topological polar surface area (TPSA) is 26.0 Å². The van der Waals surface area contributed by atoms with Gasteiger partial charge in [-0.2, -0.15) is 0 Å². The fourth-order valence-corrected chi connectivity index (χ4v) is 6.37. The third-order valence-corrected chi connectivity index (χ3v) is 8.10. The molecule has 0 spiro atoms. The molecule has 5 aromatic carbocycles. The first kappa shape index (κ1) is 22.5. The molecule has 0 saturated heterocycles. The third-order valence-electron chi connectivity index (χ3n) is 6.84. The largest absolute Gasteiger partial charge is 0.444 e. The first-order valence-corrected chi connectivity index (χ1v) is 13.5. The average molecular weight is 506 g/mol. The van der Waals surface area contributed by atoms with Gasteiger partial charge in [-0.25, -0.2) is 4.98 Å². The van der Waals surface area contributed by atoms with Crippen LogP contribution in [0.3, 0.4) is 0 Å². The second kappa shape index (κ2) is 9.62. The molecule has 0 amide bonds. The fraction of sp³-hybridized carbons (Fsp3) is 0. The Bertz CT molecular complexity index is 1790. The highest BCUT2D eigenvalue weighted by molar-refractivity contribution is 7.21. The minimum Gasteiger partial charge on any atom is -0.444 e. The predicted octanol–water partition coefficient (Wildman–Crippen LogP) is 10.2. The number of aromatic nitrogens is 1. The van der Waals surface area contributed by atoms with Crippen LogP contribution in [-0.2, 0) is 0 Å². The maximum atomic E-state index is 5.95. The van der Waals surface area contributed by atoms with Gasteiger partial charge in [-0.3, -0.25) is 0 Å². The van der Waals surface area contributed by atoms with E-state index in [1.54, 1.807) is 17.6 Å². The van der Waals surface area contributed by atoms with Crippen molar-refractivity contribution in [2.24, 2.45) is 0 Å². The quantitative estimate of drug-likeness (QED) is 0.233. The van der Waals surface area contributed by atoms with Crippen molar-refractivity contribution in [3.8, 4) is 54.7 Å². The molecule has 0 saturated carbocycles. The van der Waals surface area contributed by atoms with E-state index in [4.69, 9.17) is 9.40 Å². The molecule has 3 heteroatoms. The Kier molecular flexibility index (Phi) is 5.69. The van der Waals surface area contributed by atoms with Gasteiger partial charge in [-0.15, -0.1) is 11.3 Å². The Labute approximate surface area is 225 Å². The first-order chi connectivity index (χ1) is 18.9. The molecule has 2 nitrogen and oxygen atoms in total. The molecule has 0 aliphatic carbocycles. The SMILES string of the molecule is c1ccc(-c2nc(-c3sc(-c4c(-c5ccccc5)cccc4-c4ccccc4)c4ccccc34)co2)cc1. The van der Waals surface area contributed by atoms with Gasteiger partial charge in [0.05, 0.1) is 4.88 Å². The standard InChI is InChI=1S/C35H23NOS/c1-4-13-24(14-5-1)27-21-12-22-28(25-15-6-2-7-16-25)32(27)34-30-20-11-10-19-29(30)33(38-34)31-23-37-35(36-31)26-17-8-3-9-18-26/h1-23H. The molecule has 38 heavy (non-hydrogen) atoms. The molecule has 0 N–H and O–H groups in total. The van der Waals surface area contributed by atoms with Crippen LogP contribution in [0, 0.1) is 0 Å². The van der Waals surface area contributed by atoms with Crippen molar-refractivity contribution in [2.75, 3.05) is 0 Å². The highest BCUT2D eigenvalue weighted by Gasteiger charge is 2.22. The van der Waals surface area contributed by atoms with E-state index in [-0.39, 0.29) is 0 Å². The summed E-state index contributed by atoms with van der Waals surface area (Å²) in [6.45, 7) is 0. The molecule has 0 bridgehead atoms. The van der Waals surface area contributed by atoms with Crippen LogP contribution < -0.4 is 0 Å². The van der Waals surface area contributed by atoms with E-state index in [1.165, 1.54) is 43.5 Å². The van der Waals surface area contributed by atoms with Crippen molar-refractivity contribution in [3.63, 3.8) is 0 Å². The number of fused-ring (bicyclic) bond motifs is 1. The summed E-state index contributed by atoms with van der Waals surface area (Å²) in [5.41, 5.74) is 7.91. The zero-order valence-corrected chi connectivity index (χ0v) is 21.4. The van der Waals surface area contributed by atoms with E-state index < -0.39 is 0 Å². The van der Waals surface area contributed by atoms with E-state index in [1.807, 2.05) is 30.3 Å². The molecule has 7 aromatic rings. The second-order valence-electron chi connectivity index (χ2n) is 9.17. The van der Waals surface area contributed by atoms with Gasteiger partial charge in [-0.05, 0) is 34.4 Å². The summed E-state index contributed by atoms with van der Waals surface area (Å²) >= 11 is 1.78. The van der Waals surface area contributed by atoms with Crippen LogP contribution in [0.5, 0.6) is 0 Å². The van der Waals surface area contributed by atoms with E-state index in [0.29, 0.717) is 5.89 Å². The van der Waals surface area contributed by atoms with Crippen molar-refractivity contribution in [1.29, 1.82) is 0 Å². The molecule has 0 radical (unpaired) electrons. The highest BCUT2D eigenvalue weighted by Crippen LogP contribution is 2.49. The lowest BCUT2D eigenvalue weighted by Crippen LogP contribution is -1.89. The van der Waals surface area contributed by atoms with Crippen molar-refractivity contribution in [1.82, 2.24) is 4.98 Å². The van der Waals surface area contributed by atoms with E-state index in [2.05, 4.69) is 103 Å². The summed E-state index contributed by atoms with van der Waals surface area (Å²) in [6.07, 6.45) is 1.78. The normalized spacial score (nSPS) is 11.2. The molecule has 0 aliphatic rings. The zero-order chi connectivity index (χ0) is 25.3. The van der Waals surface area contributed by atoms with Crippen LogP contribution in [0.4, 0.5) is 0 Å². The molecule has 2 heterocycles. The molecule has 2 aromatic heterocycles. The number of hydrogen-bond acceptors (Lipinski definition) is 3. The van der Waals surface area contributed by atoms with Crippen LogP contribution in [-0.4, -0.2) is 4.98 Å². The molecule has 0 atom stereocenters. The van der Waals surface area contributed by atoms with Crippen LogP contribution in [0.1, 0.15) is 0 Å². The predicted molar refractivity (Wildman–Crippen MR) is 159 cm³/mol. The van der Waals surface area contributed by atoms with Crippen molar-refractivity contribution in [3.05, 3.63) is 140 Å². The summed E-state index contributed by atoms with van der Waals surface area (Å²) in [7, 11) is 0. The summed E-state index contributed by atoms with van der Waals surface area (Å²) in [4.78, 5) is 7.26. The fourth-order valence-electron chi connectivity index (χ4n) is 5.07. The molecule has 7 rings (SSSR count). The Morgan fingerprint density at radius 3 is 1.55 bits per heavy atom. The van der Waals surface area contributed by atoms with Crippen LogP contribution in [0.2, 0.25) is 0 Å². The van der Waals surface area contributed by atoms with Gasteiger partial charge in [0.25, 0.3) is 0 Å². The minimum absolute atomic E-state index is 0.634. The van der Waals surface area contributed by atoms with Gasteiger partial charge in [-0.1, -0.05) is 121 Å². The van der Waals surface area contributed by atoms with Gasteiger partial charge in [0.2, 0.25) is 5.89 Å². The summed E-state index contributed by atoms with van der Waals surface area (Å²) in [6, 6.07) is 46.6. The van der Waals surface area contributed by atoms with Crippen molar-refractivity contribution >= 4 is 22.1 Å². The van der Waals surface area contributed by atoms with E-state index >= 15 is 0 Å². The number of oxazole rings is 1. The number of hydrogen-bond donors (Lipinski definition) is 0. The molecule has 0 unspecified atom stereocenters. The lowest BCUT2D eigenvalue weighted by atomic mass is 9.90. The van der Waals surface area contributed by atoms with Gasteiger partial charge in [0.15, 0.2) is 0 Å². The minimum atomic E-state index is 0.634. The summed E-state index contributed by atoms with van der Waals surface area (Å²) < 4.78 is 5.95. The lowest BCUT2D eigenvalue weighted by molar-refractivity contribution is 0.575. The third kappa shape index (κ3) is 3.94. The average Bonchev–Trinajstić information content (AvgIpc) is 3.64. The Morgan fingerprint density at radius 1 is 0.474 bits per heavy atom. The number of rotatable bonds is 5. The summed E-state index contributed by atoms with van der Waals surface area (Å²) in [5.74, 6) is 0.634. The highest BCUT2D eigenvalue weighted by atomic mass is 32.1. The second-order valence-corrected chi connectivity index (χ2v) is 10.2. The van der Waals surface area contributed by atoms with Crippen molar-refractivity contribution in [2.45, 2.75) is 0 Å². The molecular weight excluding hydrogens is 482 g/mol. The van der Waals surface area contributed by atoms with Gasteiger partial charge in [0.1, 0.15) is 12.0 Å². The van der Waals surface area contributed by atoms with Gasteiger partial charge < -0.3 is 4.42 Å². The molecule has 180 valence electrons. The Balaban J connectivity index is 1.49. The van der Waals surface area contributed by atoms with Gasteiger partial charge in [0, 0.05) is 26.8 Å². The van der Waals surface area contributed by atoms with Gasteiger partial charge >= 0.3 is 0 Å². The maximum absolute atomic E-state index is 5.95. The van der Waals surface area contributed by atoms with Crippen LogP contribution in [0.25, 0.3) is 65.5 Å². The maximum Gasteiger partial charge on any atom is 0.226 e. The smallest absolute Gasteiger partial charge is 0.226 e. The number of benzene rings is 5. The van der Waals surface area contributed by atoms with Crippen molar-refractivity contribution < 1.29 is 4.42 Å². The van der Waals surface area contributed by atoms with E-state index in [0.717, 1.165) is 16.1 Å². The molecular formula is C35H23NOS. The van der Waals surface area contributed by atoms with Crippen LogP contribution >= 0.6 is 11.3 Å². The Morgan fingerprint density at radius 2 is 0.974 bits per heavy atom.